The van der Waals surface area contributed by atoms with Crippen molar-refractivity contribution in [2.45, 2.75) is 0 Å². The van der Waals surface area contributed by atoms with Crippen molar-refractivity contribution in [1.82, 2.24) is 24.9 Å². The molecule has 0 N–H and O–H groups in total. The molecule has 10 aromatic rings. The zero-order valence-corrected chi connectivity index (χ0v) is 32.6. The average molecular weight is 768 g/mol. The third-order valence-electron chi connectivity index (χ3n) is 10.7. The molecule has 0 aliphatic rings. The fourth-order valence-electron chi connectivity index (χ4n) is 7.75. The Labute approximate surface area is 349 Å². The van der Waals surface area contributed by atoms with Crippen LogP contribution in [0, 0.1) is 0 Å². The van der Waals surface area contributed by atoms with Crippen LogP contribution in [0.25, 0.3) is 101 Å². The lowest BCUT2D eigenvalue weighted by Crippen LogP contribution is -2.01. The van der Waals surface area contributed by atoms with Gasteiger partial charge in [0.05, 0.1) is 0 Å². The van der Waals surface area contributed by atoms with E-state index in [1.165, 1.54) is 22.3 Å². The maximum absolute atomic E-state index is 5.14. The van der Waals surface area contributed by atoms with Gasteiger partial charge in [-0.05, 0) is 121 Å². The maximum Gasteiger partial charge on any atom is 0.164 e. The summed E-state index contributed by atoms with van der Waals surface area (Å²) in [5, 5.41) is 0. The van der Waals surface area contributed by atoms with E-state index in [4.69, 9.17) is 15.0 Å². The van der Waals surface area contributed by atoms with Gasteiger partial charge in [0.1, 0.15) is 0 Å². The van der Waals surface area contributed by atoms with Gasteiger partial charge in [-0.3, -0.25) is 9.97 Å². The summed E-state index contributed by atoms with van der Waals surface area (Å²) in [6.45, 7) is 0. The molecule has 0 amide bonds. The number of hydrogen-bond donors (Lipinski definition) is 0. The molecule has 0 bridgehead atoms. The molecule has 10 rings (SSSR count). The number of pyridine rings is 2. The summed E-state index contributed by atoms with van der Waals surface area (Å²) in [4.78, 5) is 23.7. The summed E-state index contributed by atoms with van der Waals surface area (Å²) in [7, 11) is 0. The first-order valence-corrected chi connectivity index (χ1v) is 20.0. The van der Waals surface area contributed by atoms with Crippen molar-refractivity contribution in [3.63, 3.8) is 0 Å². The van der Waals surface area contributed by atoms with Crippen molar-refractivity contribution in [2.24, 2.45) is 0 Å². The van der Waals surface area contributed by atoms with E-state index in [1.807, 2.05) is 24.3 Å². The van der Waals surface area contributed by atoms with E-state index < -0.39 is 0 Å². The average Bonchev–Trinajstić information content (AvgIpc) is 3.35. The van der Waals surface area contributed by atoms with E-state index in [0.29, 0.717) is 17.5 Å². The summed E-state index contributed by atoms with van der Waals surface area (Å²) >= 11 is 0. The molecule has 7 aromatic carbocycles. The number of aromatic nitrogens is 5. The van der Waals surface area contributed by atoms with Crippen LogP contribution in [0.2, 0.25) is 0 Å². The van der Waals surface area contributed by atoms with Gasteiger partial charge >= 0.3 is 0 Å². The van der Waals surface area contributed by atoms with Gasteiger partial charge in [-0.2, -0.15) is 0 Å². The van der Waals surface area contributed by atoms with Crippen LogP contribution >= 0.6 is 0 Å². The molecular weight excluding hydrogens is 731 g/mol. The third kappa shape index (κ3) is 7.51. The molecule has 0 saturated heterocycles. The topological polar surface area (TPSA) is 64.5 Å². The normalized spacial score (nSPS) is 11.0. The fourth-order valence-corrected chi connectivity index (χ4v) is 7.75. The molecule has 0 aliphatic heterocycles. The quantitative estimate of drug-likeness (QED) is 0.146. The van der Waals surface area contributed by atoms with Gasteiger partial charge in [0.25, 0.3) is 0 Å². The molecule has 0 saturated carbocycles. The Hall–Kier alpha value is -8.15. The molecule has 60 heavy (non-hydrogen) atoms. The molecule has 282 valence electrons. The van der Waals surface area contributed by atoms with Crippen LogP contribution in [0.1, 0.15) is 0 Å². The van der Waals surface area contributed by atoms with E-state index in [2.05, 4.69) is 186 Å². The van der Waals surface area contributed by atoms with Crippen LogP contribution in [-0.4, -0.2) is 24.9 Å². The molecule has 0 aliphatic carbocycles. The Balaban J connectivity index is 1.21. The highest BCUT2D eigenvalue weighted by Crippen LogP contribution is 2.41. The van der Waals surface area contributed by atoms with Crippen molar-refractivity contribution in [3.05, 3.63) is 225 Å². The maximum atomic E-state index is 5.14. The van der Waals surface area contributed by atoms with Gasteiger partial charge in [-0.25, -0.2) is 15.0 Å². The highest BCUT2D eigenvalue weighted by Gasteiger charge is 2.18. The molecule has 3 heterocycles. The van der Waals surface area contributed by atoms with Gasteiger partial charge in [0, 0.05) is 41.5 Å². The fraction of sp³-hybridized carbons (Fsp3) is 0. The van der Waals surface area contributed by atoms with E-state index in [9.17, 15) is 0 Å². The minimum absolute atomic E-state index is 0.568. The molecule has 5 nitrogen and oxygen atoms in total. The molecule has 0 spiro atoms. The van der Waals surface area contributed by atoms with E-state index in [1.54, 1.807) is 24.8 Å². The highest BCUT2D eigenvalue weighted by molar-refractivity contribution is 5.91. The highest BCUT2D eigenvalue weighted by atomic mass is 15.0. The van der Waals surface area contributed by atoms with Crippen molar-refractivity contribution in [3.8, 4) is 101 Å². The summed E-state index contributed by atoms with van der Waals surface area (Å²) in [5.41, 5.74) is 16.1. The first-order valence-electron chi connectivity index (χ1n) is 20.0. The predicted molar refractivity (Wildman–Crippen MR) is 244 cm³/mol. The van der Waals surface area contributed by atoms with E-state index in [0.717, 1.165) is 61.2 Å². The Morgan fingerprint density at radius 1 is 0.200 bits per heavy atom. The van der Waals surface area contributed by atoms with Gasteiger partial charge in [0.2, 0.25) is 0 Å². The standard InChI is InChI=1S/C55H37N5/c1-5-13-38(14-6-1)49-23-21-44(36-51(49)40-17-9-3-10-18-40)46-33-47(45-22-24-50(39-15-7-2-8-16-39)52(37-45)41-19-11-4-12-20-41)35-48(34-46)55-59-53(42-25-29-56-30-26-42)58-54(60-55)43-27-31-57-32-28-43/h1-37H. The zero-order chi connectivity index (χ0) is 40.1. The third-order valence-corrected chi connectivity index (χ3v) is 10.7. The Morgan fingerprint density at radius 2 is 0.517 bits per heavy atom. The van der Waals surface area contributed by atoms with Crippen molar-refractivity contribution in [2.75, 3.05) is 0 Å². The Morgan fingerprint density at radius 3 is 0.883 bits per heavy atom. The minimum Gasteiger partial charge on any atom is -0.265 e. The predicted octanol–water partition coefficient (Wildman–Crippen LogP) is 13.7. The SMILES string of the molecule is c1ccc(-c2ccc(-c3cc(-c4ccc(-c5ccccc5)c(-c5ccccc5)c4)cc(-c4nc(-c5ccncc5)nc(-c5ccncc5)n4)c3)cc2-c2ccccc2)cc1. The van der Waals surface area contributed by atoms with Gasteiger partial charge < -0.3 is 0 Å². The molecule has 3 aromatic heterocycles. The monoisotopic (exact) mass is 767 g/mol. The lowest BCUT2D eigenvalue weighted by Gasteiger charge is -2.17. The van der Waals surface area contributed by atoms with Crippen molar-refractivity contribution < 1.29 is 0 Å². The van der Waals surface area contributed by atoms with Gasteiger partial charge in [-0.1, -0.05) is 146 Å². The van der Waals surface area contributed by atoms with Crippen LogP contribution < -0.4 is 0 Å². The Bertz CT molecular complexity index is 2850. The smallest absolute Gasteiger partial charge is 0.164 e. The number of hydrogen-bond acceptors (Lipinski definition) is 5. The van der Waals surface area contributed by atoms with Crippen LogP contribution in [-0.2, 0) is 0 Å². The molecule has 0 unspecified atom stereocenters. The lowest BCUT2D eigenvalue weighted by atomic mass is 9.88. The van der Waals surface area contributed by atoms with Crippen LogP contribution in [0.15, 0.2) is 225 Å². The lowest BCUT2D eigenvalue weighted by molar-refractivity contribution is 1.07. The zero-order valence-electron chi connectivity index (χ0n) is 32.6. The molecule has 5 heteroatoms. The number of rotatable bonds is 9. The second-order valence-corrected chi connectivity index (χ2v) is 14.6. The number of nitrogens with zero attached hydrogens (tertiary/aromatic N) is 5. The van der Waals surface area contributed by atoms with Crippen molar-refractivity contribution >= 4 is 0 Å². The van der Waals surface area contributed by atoms with Crippen LogP contribution in [0.3, 0.4) is 0 Å². The second-order valence-electron chi connectivity index (χ2n) is 14.6. The molecule has 0 radical (unpaired) electrons. The van der Waals surface area contributed by atoms with E-state index in [-0.39, 0.29) is 0 Å². The van der Waals surface area contributed by atoms with Crippen molar-refractivity contribution in [1.29, 1.82) is 0 Å². The van der Waals surface area contributed by atoms with Crippen LogP contribution in [0.4, 0.5) is 0 Å². The largest absolute Gasteiger partial charge is 0.265 e. The Kier molecular flexibility index (Phi) is 9.88. The molecular formula is C55H37N5. The summed E-state index contributed by atoms with van der Waals surface area (Å²) in [6, 6.07) is 70.4. The second kappa shape index (κ2) is 16.4. The van der Waals surface area contributed by atoms with Gasteiger partial charge in [-0.15, -0.1) is 0 Å². The molecule has 0 atom stereocenters. The van der Waals surface area contributed by atoms with Crippen LogP contribution in [0.5, 0.6) is 0 Å². The van der Waals surface area contributed by atoms with E-state index >= 15 is 0 Å². The minimum atomic E-state index is 0.568. The summed E-state index contributed by atoms with van der Waals surface area (Å²) < 4.78 is 0. The number of benzene rings is 7. The first-order chi connectivity index (χ1) is 29.7. The van der Waals surface area contributed by atoms with Gasteiger partial charge in [0.15, 0.2) is 17.5 Å². The molecule has 0 fully saturated rings. The first kappa shape index (κ1) is 36.2. The summed E-state index contributed by atoms with van der Waals surface area (Å²) in [5.74, 6) is 1.71. The summed E-state index contributed by atoms with van der Waals surface area (Å²) in [6.07, 6.45) is 7.04.